The van der Waals surface area contributed by atoms with Crippen LogP contribution in [0.4, 0.5) is 5.69 Å². The van der Waals surface area contributed by atoms with Gasteiger partial charge in [0.2, 0.25) is 5.91 Å². The third-order valence-electron chi connectivity index (χ3n) is 4.32. The molecule has 0 aromatic heterocycles. The second kappa shape index (κ2) is 6.65. The molecule has 1 saturated heterocycles. The number of piperazine rings is 1. The summed E-state index contributed by atoms with van der Waals surface area (Å²) in [6, 6.07) is 14.1. The second-order valence-corrected chi connectivity index (χ2v) is 6.45. The largest absolute Gasteiger partial charge is 0.325 e. The molecule has 2 amide bonds. The van der Waals surface area contributed by atoms with Gasteiger partial charge in [-0.3, -0.25) is 9.59 Å². The van der Waals surface area contributed by atoms with Crippen molar-refractivity contribution in [2.75, 3.05) is 18.0 Å². The molecular weight excluding hydrogens is 324 g/mol. The minimum atomic E-state index is -0.498. The maximum Gasteiger partial charge on any atom is 0.254 e. The van der Waals surface area contributed by atoms with Crippen molar-refractivity contribution in [3.8, 4) is 0 Å². The lowest BCUT2D eigenvalue weighted by Gasteiger charge is -2.39. The molecule has 2 aromatic rings. The van der Waals surface area contributed by atoms with E-state index in [2.05, 4.69) is 0 Å². The SMILES string of the molecule is Cc1cccc(N2CCN(C(=O)c3ccc(Cl)cc3)C(C)C2=O)c1. The Hall–Kier alpha value is -2.33. The van der Waals surface area contributed by atoms with Crippen LogP contribution in [0, 0.1) is 6.92 Å². The van der Waals surface area contributed by atoms with Gasteiger partial charge in [-0.05, 0) is 55.8 Å². The van der Waals surface area contributed by atoms with Crippen LogP contribution in [0.5, 0.6) is 0 Å². The number of rotatable bonds is 2. The summed E-state index contributed by atoms with van der Waals surface area (Å²) >= 11 is 5.87. The summed E-state index contributed by atoms with van der Waals surface area (Å²) in [7, 11) is 0. The van der Waals surface area contributed by atoms with Crippen molar-refractivity contribution in [1.29, 1.82) is 0 Å². The standard InChI is InChI=1S/C19H19ClN2O2/c1-13-4-3-5-17(12-13)22-11-10-21(14(2)18(22)23)19(24)15-6-8-16(20)9-7-15/h3-9,12,14H,10-11H2,1-2H3. The van der Waals surface area contributed by atoms with Gasteiger partial charge in [-0.25, -0.2) is 0 Å². The molecule has 0 saturated carbocycles. The first-order chi connectivity index (χ1) is 11.5. The molecule has 0 bridgehead atoms. The lowest BCUT2D eigenvalue weighted by Crippen LogP contribution is -2.57. The molecule has 2 aromatic carbocycles. The molecule has 0 spiro atoms. The Kier molecular flexibility index (Phi) is 4.58. The molecule has 0 aliphatic carbocycles. The summed E-state index contributed by atoms with van der Waals surface area (Å²) in [6.45, 7) is 4.77. The second-order valence-electron chi connectivity index (χ2n) is 6.01. The van der Waals surface area contributed by atoms with Gasteiger partial charge < -0.3 is 9.80 Å². The fraction of sp³-hybridized carbons (Fsp3) is 0.263. The highest BCUT2D eigenvalue weighted by Crippen LogP contribution is 2.23. The lowest BCUT2D eigenvalue weighted by atomic mass is 10.1. The van der Waals surface area contributed by atoms with Crippen molar-refractivity contribution in [3.05, 3.63) is 64.7 Å². The van der Waals surface area contributed by atoms with Crippen LogP contribution in [0.1, 0.15) is 22.8 Å². The quantitative estimate of drug-likeness (QED) is 0.837. The molecule has 1 aliphatic heterocycles. The van der Waals surface area contributed by atoms with Gasteiger partial charge >= 0.3 is 0 Å². The maximum absolute atomic E-state index is 12.7. The molecule has 3 rings (SSSR count). The zero-order valence-corrected chi connectivity index (χ0v) is 14.5. The summed E-state index contributed by atoms with van der Waals surface area (Å²) in [4.78, 5) is 28.8. The number of hydrogen-bond donors (Lipinski definition) is 0. The topological polar surface area (TPSA) is 40.6 Å². The molecule has 4 nitrogen and oxygen atoms in total. The number of carbonyl (C=O) groups is 2. The van der Waals surface area contributed by atoms with Gasteiger partial charge in [0.05, 0.1) is 0 Å². The zero-order valence-electron chi connectivity index (χ0n) is 13.7. The first-order valence-corrected chi connectivity index (χ1v) is 8.30. The smallest absolute Gasteiger partial charge is 0.254 e. The van der Waals surface area contributed by atoms with Crippen LogP contribution in [0.25, 0.3) is 0 Å². The fourth-order valence-electron chi connectivity index (χ4n) is 2.96. The minimum absolute atomic E-state index is 0.0610. The van der Waals surface area contributed by atoms with Crippen molar-refractivity contribution < 1.29 is 9.59 Å². The van der Waals surface area contributed by atoms with Gasteiger partial charge in [0.25, 0.3) is 5.91 Å². The van der Waals surface area contributed by atoms with E-state index in [4.69, 9.17) is 11.6 Å². The highest BCUT2D eigenvalue weighted by atomic mass is 35.5. The van der Waals surface area contributed by atoms with Crippen LogP contribution in [0.15, 0.2) is 48.5 Å². The first kappa shape index (κ1) is 16.5. The van der Waals surface area contributed by atoms with E-state index in [0.29, 0.717) is 23.7 Å². The molecule has 24 heavy (non-hydrogen) atoms. The van der Waals surface area contributed by atoms with Crippen molar-refractivity contribution >= 4 is 29.1 Å². The van der Waals surface area contributed by atoms with Crippen LogP contribution in [-0.4, -0.2) is 35.8 Å². The lowest BCUT2D eigenvalue weighted by molar-refractivity contribution is -0.124. The van der Waals surface area contributed by atoms with Gasteiger partial charge in [0, 0.05) is 29.4 Å². The molecule has 0 N–H and O–H groups in total. The predicted molar refractivity (Wildman–Crippen MR) is 95.5 cm³/mol. The molecule has 5 heteroatoms. The van der Waals surface area contributed by atoms with Gasteiger partial charge in [-0.15, -0.1) is 0 Å². The van der Waals surface area contributed by atoms with Gasteiger partial charge in [0.1, 0.15) is 6.04 Å². The Labute approximate surface area is 146 Å². The van der Waals surface area contributed by atoms with Gasteiger partial charge in [-0.2, -0.15) is 0 Å². The minimum Gasteiger partial charge on any atom is -0.325 e. The van der Waals surface area contributed by atoms with E-state index in [-0.39, 0.29) is 11.8 Å². The molecule has 1 aliphatic rings. The van der Waals surface area contributed by atoms with Crippen LogP contribution in [0.2, 0.25) is 5.02 Å². The average molecular weight is 343 g/mol. The number of carbonyl (C=O) groups excluding carboxylic acids is 2. The average Bonchev–Trinajstić information content (AvgIpc) is 2.57. The van der Waals surface area contributed by atoms with E-state index in [0.717, 1.165) is 11.3 Å². The predicted octanol–water partition coefficient (Wildman–Crippen LogP) is 3.53. The number of anilines is 1. The molecule has 124 valence electrons. The Morgan fingerprint density at radius 3 is 2.50 bits per heavy atom. The van der Waals surface area contributed by atoms with E-state index in [1.54, 1.807) is 41.0 Å². The normalized spacial score (nSPS) is 18.0. The highest BCUT2D eigenvalue weighted by molar-refractivity contribution is 6.30. The van der Waals surface area contributed by atoms with Gasteiger partial charge in [0.15, 0.2) is 0 Å². The fourth-order valence-corrected chi connectivity index (χ4v) is 3.08. The van der Waals surface area contributed by atoms with Crippen molar-refractivity contribution in [3.63, 3.8) is 0 Å². The van der Waals surface area contributed by atoms with Crippen molar-refractivity contribution in [2.45, 2.75) is 19.9 Å². The van der Waals surface area contributed by atoms with Crippen LogP contribution in [-0.2, 0) is 4.79 Å². The van der Waals surface area contributed by atoms with Gasteiger partial charge in [-0.1, -0.05) is 23.7 Å². The molecule has 1 atom stereocenters. The molecule has 1 unspecified atom stereocenters. The van der Waals surface area contributed by atoms with Crippen LogP contribution in [0.3, 0.4) is 0 Å². The van der Waals surface area contributed by atoms with E-state index >= 15 is 0 Å². The Morgan fingerprint density at radius 2 is 1.83 bits per heavy atom. The zero-order chi connectivity index (χ0) is 17.3. The summed E-state index contributed by atoms with van der Waals surface area (Å²) in [6.07, 6.45) is 0. The van der Waals surface area contributed by atoms with Crippen LogP contribution >= 0.6 is 11.6 Å². The number of amides is 2. The van der Waals surface area contributed by atoms with Crippen molar-refractivity contribution in [2.24, 2.45) is 0 Å². The number of halogens is 1. The summed E-state index contributed by atoms with van der Waals surface area (Å²) in [5.74, 6) is -0.203. The Morgan fingerprint density at radius 1 is 1.12 bits per heavy atom. The Bertz CT molecular complexity index is 773. The summed E-state index contributed by atoms with van der Waals surface area (Å²) in [5, 5.41) is 0.583. The van der Waals surface area contributed by atoms with Crippen LogP contribution < -0.4 is 4.90 Å². The number of aryl methyl sites for hydroxylation is 1. The molecule has 1 fully saturated rings. The summed E-state index contributed by atoms with van der Waals surface area (Å²) < 4.78 is 0. The molecular formula is C19H19ClN2O2. The number of nitrogens with zero attached hydrogens (tertiary/aromatic N) is 2. The van der Waals surface area contributed by atoms with E-state index in [1.807, 2.05) is 31.2 Å². The van der Waals surface area contributed by atoms with E-state index in [1.165, 1.54) is 0 Å². The summed E-state index contributed by atoms with van der Waals surface area (Å²) in [5.41, 5.74) is 2.53. The Balaban J connectivity index is 1.79. The third-order valence-corrected chi connectivity index (χ3v) is 4.57. The molecule has 0 radical (unpaired) electrons. The van der Waals surface area contributed by atoms with Crippen molar-refractivity contribution in [1.82, 2.24) is 4.90 Å². The number of benzene rings is 2. The maximum atomic E-state index is 12.7. The molecule has 1 heterocycles. The highest BCUT2D eigenvalue weighted by Gasteiger charge is 2.35. The monoisotopic (exact) mass is 342 g/mol. The first-order valence-electron chi connectivity index (χ1n) is 7.92. The van der Waals surface area contributed by atoms with E-state index < -0.39 is 6.04 Å². The van der Waals surface area contributed by atoms with E-state index in [9.17, 15) is 9.59 Å². The third kappa shape index (κ3) is 3.15. The number of hydrogen-bond acceptors (Lipinski definition) is 2.